The fourth-order valence-corrected chi connectivity index (χ4v) is 4.21. The quantitative estimate of drug-likeness (QED) is 0.579. The van der Waals surface area contributed by atoms with E-state index in [-0.39, 0.29) is 11.0 Å². The summed E-state index contributed by atoms with van der Waals surface area (Å²) in [6, 6.07) is 0.731. The molecule has 2 N–H and O–H groups in total. The second kappa shape index (κ2) is 7.37. The molecular weight excluding hydrogens is 328 g/mol. The highest BCUT2D eigenvalue weighted by molar-refractivity contribution is 5.82. The lowest BCUT2D eigenvalue weighted by molar-refractivity contribution is -0.176. The molecule has 2 unspecified atom stereocenters. The van der Waals surface area contributed by atoms with Gasteiger partial charge < -0.3 is 20.3 Å². The zero-order chi connectivity index (χ0) is 18.9. The normalized spacial score (nSPS) is 32.1. The van der Waals surface area contributed by atoms with E-state index in [9.17, 15) is 4.79 Å². The molecule has 2 aliphatic carbocycles. The fraction of sp³-hybridized carbons (Fsp3) is 0.900. The van der Waals surface area contributed by atoms with E-state index in [2.05, 4.69) is 48.2 Å². The highest BCUT2D eigenvalue weighted by atomic mass is 16.5. The van der Waals surface area contributed by atoms with E-state index in [0.717, 1.165) is 57.7 Å². The molecule has 148 valence electrons. The SMILES string of the molecule is CCN=C(NC1CCN(C(=O)C2CC2)CC1)NC1CC(C)(OC)C1(C)C. The minimum Gasteiger partial charge on any atom is -0.378 e. The summed E-state index contributed by atoms with van der Waals surface area (Å²) in [5, 5.41) is 7.23. The molecule has 0 aromatic carbocycles. The van der Waals surface area contributed by atoms with Crippen LogP contribution in [0.4, 0.5) is 0 Å². The molecule has 1 amide bonds. The molecule has 6 heteroatoms. The number of hydrogen-bond donors (Lipinski definition) is 2. The van der Waals surface area contributed by atoms with Crippen LogP contribution in [0.5, 0.6) is 0 Å². The summed E-state index contributed by atoms with van der Waals surface area (Å²) >= 11 is 0. The minimum absolute atomic E-state index is 0.0536. The first-order valence-electron chi connectivity index (χ1n) is 10.2. The van der Waals surface area contributed by atoms with Crippen molar-refractivity contribution in [3.63, 3.8) is 0 Å². The third-order valence-electron chi connectivity index (χ3n) is 6.98. The maximum Gasteiger partial charge on any atom is 0.225 e. The van der Waals surface area contributed by atoms with Gasteiger partial charge in [0.15, 0.2) is 5.96 Å². The van der Waals surface area contributed by atoms with Crippen LogP contribution in [0.25, 0.3) is 0 Å². The molecule has 0 bridgehead atoms. The Labute approximate surface area is 158 Å². The number of carbonyl (C=O) groups is 1. The van der Waals surface area contributed by atoms with Crippen LogP contribution in [0.3, 0.4) is 0 Å². The van der Waals surface area contributed by atoms with Gasteiger partial charge >= 0.3 is 0 Å². The van der Waals surface area contributed by atoms with E-state index in [4.69, 9.17) is 4.74 Å². The van der Waals surface area contributed by atoms with Gasteiger partial charge in [-0.15, -0.1) is 0 Å². The highest BCUT2D eigenvalue weighted by Gasteiger charge is 2.58. The highest BCUT2D eigenvalue weighted by Crippen LogP contribution is 2.51. The van der Waals surface area contributed by atoms with Crippen LogP contribution in [-0.2, 0) is 9.53 Å². The first-order chi connectivity index (χ1) is 12.3. The van der Waals surface area contributed by atoms with Crippen molar-refractivity contribution in [1.82, 2.24) is 15.5 Å². The Hall–Kier alpha value is -1.30. The number of ether oxygens (including phenoxy) is 1. The number of aliphatic imine (C=N–C) groups is 1. The smallest absolute Gasteiger partial charge is 0.225 e. The largest absolute Gasteiger partial charge is 0.378 e. The number of nitrogens with one attached hydrogen (secondary N) is 2. The average molecular weight is 365 g/mol. The predicted octanol–water partition coefficient (Wildman–Crippen LogP) is 2.15. The first kappa shape index (κ1) is 19.5. The van der Waals surface area contributed by atoms with E-state index in [1.807, 2.05) is 0 Å². The maximum atomic E-state index is 12.2. The zero-order valence-electron chi connectivity index (χ0n) is 17.1. The van der Waals surface area contributed by atoms with Crippen molar-refractivity contribution in [2.45, 2.75) is 77.5 Å². The van der Waals surface area contributed by atoms with E-state index in [1.54, 1.807) is 7.11 Å². The fourth-order valence-electron chi connectivity index (χ4n) is 4.21. The van der Waals surface area contributed by atoms with Crippen molar-refractivity contribution in [3.8, 4) is 0 Å². The van der Waals surface area contributed by atoms with Crippen LogP contribution in [0.15, 0.2) is 4.99 Å². The van der Waals surface area contributed by atoms with Crippen LogP contribution in [0.1, 0.15) is 59.8 Å². The Balaban J connectivity index is 1.50. The van der Waals surface area contributed by atoms with E-state index >= 15 is 0 Å². The monoisotopic (exact) mass is 364 g/mol. The summed E-state index contributed by atoms with van der Waals surface area (Å²) in [4.78, 5) is 18.9. The summed E-state index contributed by atoms with van der Waals surface area (Å²) in [6.45, 7) is 11.2. The summed E-state index contributed by atoms with van der Waals surface area (Å²) in [5.41, 5.74) is -0.0332. The lowest BCUT2D eigenvalue weighted by Crippen LogP contribution is -2.70. The van der Waals surface area contributed by atoms with Crippen LogP contribution in [-0.4, -0.2) is 61.2 Å². The van der Waals surface area contributed by atoms with Crippen LogP contribution in [0, 0.1) is 11.3 Å². The summed E-state index contributed by atoms with van der Waals surface area (Å²) in [5.74, 6) is 1.60. The van der Waals surface area contributed by atoms with E-state index < -0.39 is 0 Å². The van der Waals surface area contributed by atoms with Gasteiger partial charge in [0.25, 0.3) is 0 Å². The van der Waals surface area contributed by atoms with E-state index in [0.29, 0.717) is 23.9 Å². The summed E-state index contributed by atoms with van der Waals surface area (Å²) in [7, 11) is 1.80. The number of piperidine rings is 1. The van der Waals surface area contributed by atoms with Gasteiger partial charge in [-0.25, -0.2) is 0 Å². The molecule has 2 atom stereocenters. The molecule has 3 fully saturated rings. The summed E-state index contributed by atoms with van der Waals surface area (Å²) < 4.78 is 5.73. The van der Waals surface area contributed by atoms with Crippen molar-refractivity contribution >= 4 is 11.9 Å². The number of carbonyl (C=O) groups excluding carboxylic acids is 1. The third-order valence-corrected chi connectivity index (χ3v) is 6.98. The molecule has 1 heterocycles. The lowest BCUT2D eigenvalue weighted by atomic mass is 9.56. The Kier molecular flexibility index (Phi) is 5.52. The lowest BCUT2D eigenvalue weighted by Gasteiger charge is -2.59. The molecule has 1 aliphatic heterocycles. The van der Waals surface area contributed by atoms with Gasteiger partial charge in [-0.2, -0.15) is 0 Å². The Morgan fingerprint density at radius 1 is 1.15 bits per heavy atom. The average Bonchev–Trinajstić information content (AvgIpc) is 3.46. The number of methoxy groups -OCH3 is 1. The molecule has 0 aromatic heterocycles. The van der Waals surface area contributed by atoms with Crippen LogP contribution >= 0.6 is 0 Å². The van der Waals surface area contributed by atoms with Crippen molar-refractivity contribution in [1.29, 1.82) is 0 Å². The van der Waals surface area contributed by atoms with Crippen molar-refractivity contribution in [2.24, 2.45) is 16.3 Å². The van der Waals surface area contributed by atoms with Gasteiger partial charge in [-0.05, 0) is 46.0 Å². The van der Waals surface area contributed by atoms with Gasteiger partial charge in [0, 0.05) is 50.2 Å². The first-order valence-corrected chi connectivity index (χ1v) is 10.2. The van der Waals surface area contributed by atoms with Gasteiger partial charge in [-0.3, -0.25) is 9.79 Å². The van der Waals surface area contributed by atoms with Gasteiger partial charge in [0.2, 0.25) is 5.91 Å². The molecule has 0 radical (unpaired) electrons. The van der Waals surface area contributed by atoms with Crippen LogP contribution < -0.4 is 10.6 Å². The van der Waals surface area contributed by atoms with Crippen molar-refractivity contribution in [2.75, 3.05) is 26.7 Å². The van der Waals surface area contributed by atoms with Gasteiger partial charge in [-0.1, -0.05) is 13.8 Å². The molecule has 3 rings (SSSR count). The predicted molar refractivity (Wildman–Crippen MR) is 104 cm³/mol. The Morgan fingerprint density at radius 3 is 2.31 bits per heavy atom. The Bertz CT molecular complexity index is 550. The molecular formula is C20H36N4O2. The molecule has 1 saturated heterocycles. The number of hydrogen-bond acceptors (Lipinski definition) is 3. The number of nitrogens with zero attached hydrogens (tertiary/aromatic N) is 2. The second-order valence-corrected chi connectivity index (χ2v) is 8.90. The van der Waals surface area contributed by atoms with Crippen molar-refractivity contribution in [3.05, 3.63) is 0 Å². The number of amides is 1. The Morgan fingerprint density at radius 2 is 1.81 bits per heavy atom. The molecule has 6 nitrogen and oxygen atoms in total. The molecule has 26 heavy (non-hydrogen) atoms. The summed E-state index contributed by atoms with van der Waals surface area (Å²) in [6.07, 6.45) is 5.15. The second-order valence-electron chi connectivity index (χ2n) is 8.90. The van der Waals surface area contributed by atoms with Gasteiger partial charge in [0.1, 0.15) is 0 Å². The zero-order valence-corrected chi connectivity index (χ0v) is 17.1. The van der Waals surface area contributed by atoms with Crippen molar-refractivity contribution < 1.29 is 9.53 Å². The minimum atomic E-state index is -0.0868. The molecule has 2 saturated carbocycles. The molecule has 0 spiro atoms. The maximum absolute atomic E-state index is 12.2. The van der Waals surface area contributed by atoms with Gasteiger partial charge in [0.05, 0.1) is 5.60 Å². The number of likely N-dealkylation sites (tertiary alicyclic amines) is 1. The molecule has 0 aromatic rings. The third kappa shape index (κ3) is 3.71. The standard InChI is InChI=1S/C20H36N4O2/c1-6-21-18(23-16-13-20(4,26-5)19(16,2)3)22-15-9-11-24(12-10-15)17(25)14-7-8-14/h14-16H,6-13H2,1-5H3,(H2,21,22,23). The number of rotatable bonds is 5. The number of guanidine groups is 1. The van der Waals surface area contributed by atoms with Crippen LogP contribution in [0.2, 0.25) is 0 Å². The van der Waals surface area contributed by atoms with E-state index in [1.165, 1.54) is 0 Å². The molecule has 3 aliphatic rings. The topological polar surface area (TPSA) is 66.0 Å².